The molecule has 0 fully saturated rings. The second-order valence-corrected chi connectivity index (χ2v) is 9.50. The molecule has 0 spiro atoms. The zero-order valence-electron chi connectivity index (χ0n) is 13.8. The van der Waals surface area contributed by atoms with Crippen molar-refractivity contribution in [3.63, 3.8) is 0 Å². The summed E-state index contributed by atoms with van der Waals surface area (Å²) < 4.78 is 1.73. The maximum absolute atomic E-state index is 11.9. The average Bonchev–Trinajstić information content (AvgIpc) is 3.00. The van der Waals surface area contributed by atoms with Crippen LogP contribution in [0, 0.1) is 5.92 Å². The molecular weight excluding hydrogens is 382 g/mol. The number of aromatic nitrogens is 2. The summed E-state index contributed by atoms with van der Waals surface area (Å²) in [7, 11) is 0. The van der Waals surface area contributed by atoms with E-state index >= 15 is 0 Å². The second-order valence-electron chi connectivity index (χ2n) is 5.64. The Hall–Kier alpha value is -0.760. The van der Waals surface area contributed by atoms with E-state index in [1.165, 1.54) is 28.7 Å². The number of rotatable bonds is 8. The van der Waals surface area contributed by atoms with E-state index in [1.807, 2.05) is 31.2 Å². The van der Waals surface area contributed by atoms with Crippen molar-refractivity contribution in [2.75, 3.05) is 5.75 Å². The molecule has 1 amide bonds. The van der Waals surface area contributed by atoms with Gasteiger partial charge in [0.15, 0.2) is 8.68 Å². The molecule has 8 heteroatoms. The summed E-state index contributed by atoms with van der Waals surface area (Å²) in [4.78, 5) is 11.9. The van der Waals surface area contributed by atoms with Crippen LogP contribution in [0.15, 0.2) is 32.9 Å². The van der Waals surface area contributed by atoms with Crippen LogP contribution in [0.3, 0.4) is 0 Å². The van der Waals surface area contributed by atoms with Crippen LogP contribution in [-0.4, -0.2) is 27.9 Å². The number of nitrogens with one attached hydrogen (secondary N) is 1. The molecule has 0 aliphatic heterocycles. The lowest BCUT2D eigenvalue weighted by Gasteiger charge is -2.16. The molecule has 130 valence electrons. The lowest BCUT2D eigenvalue weighted by Crippen LogP contribution is -2.37. The molecular formula is C16H20ClN3OS3. The van der Waals surface area contributed by atoms with Crippen molar-refractivity contribution in [1.29, 1.82) is 0 Å². The van der Waals surface area contributed by atoms with Gasteiger partial charge in [0.05, 0.1) is 5.75 Å². The fourth-order valence-electron chi connectivity index (χ4n) is 1.63. The maximum atomic E-state index is 11.9. The molecule has 1 heterocycles. The molecule has 1 aromatic carbocycles. The molecule has 1 N–H and O–H groups in total. The molecule has 24 heavy (non-hydrogen) atoms. The Morgan fingerprint density at radius 1 is 1.17 bits per heavy atom. The maximum Gasteiger partial charge on any atom is 0.230 e. The average molecular weight is 402 g/mol. The fourth-order valence-corrected chi connectivity index (χ4v) is 4.54. The van der Waals surface area contributed by atoms with Crippen LogP contribution in [0.2, 0.25) is 5.02 Å². The van der Waals surface area contributed by atoms with Crippen LogP contribution < -0.4 is 5.32 Å². The van der Waals surface area contributed by atoms with Gasteiger partial charge in [0.25, 0.3) is 0 Å². The number of carbonyl (C=O) groups excluding carboxylic acids is 1. The third-order valence-electron chi connectivity index (χ3n) is 3.38. The van der Waals surface area contributed by atoms with Gasteiger partial charge in [-0.05, 0) is 30.5 Å². The Kier molecular flexibility index (Phi) is 7.87. The van der Waals surface area contributed by atoms with E-state index in [9.17, 15) is 4.79 Å². The van der Waals surface area contributed by atoms with Crippen LogP contribution >= 0.6 is 46.5 Å². The summed E-state index contributed by atoms with van der Waals surface area (Å²) in [6, 6.07) is 7.96. The molecule has 0 radical (unpaired) electrons. The van der Waals surface area contributed by atoms with Crippen LogP contribution in [0.1, 0.15) is 26.3 Å². The van der Waals surface area contributed by atoms with Crippen molar-refractivity contribution < 1.29 is 4.79 Å². The Bertz CT molecular complexity index is 661. The normalized spacial score (nSPS) is 12.4. The molecule has 1 atom stereocenters. The van der Waals surface area contributed by atoms with Gasteiger partial charge in [-0.15, -0.1) is 10.2 Å². The number of thioether (sulfide) groups is 2. The third kappa shape index (κ3) is 6.63. The smallest absolute Gasteiger partial charge is 0.230 e. The molecule has 4 nitrogen and oxygen atoms in total. The summed E-state index contributed by atoms with van der Waals surface area (Å²) in [6.45, 7) is 6.20. The summed E-state index contributed by atoms with van der Waals surface area (Å²) in [5, 5.41) is 12.0. The van der Waals surface area contributed by atoms with Crippen molar-refractivity contribution in [3.05, 3.63) is 34.9 Å². The number of benzene rings is 1. The van der Waals surface area contributed by atoms with Gasteiger partial charge in [0, 0.05) is 16.8 Å². The van der Waals surface area contributed by atoms with Gasteiger partial charge in [-0.1, -0.05) is 72.4 Å². The first-order valence-corrected chi connectivity index (χ1v) is 10.7. The van der Waals surface area contributed by atoms with Crippen LogP contribution in [0.25, 0.3) is 0 Å². The van der Waals surface area contributed by atoms with Crippen molar-refractivity contribution in [2.45, 2.75) is 41.2 Å². The summed E-state index contributed by atoms with van der Waals surface area (Å²) in [6.07, 6.45) is 0. The predicted molar refractivity (Wildman–Crippen MR) is 104 cm³/mol. The number of hydrogen-bond acceptors (Lipinski definition) is 6. The summed E-state index contributed by atoms with van der Waals surface area (Å²) in [5.74, 6) is 1.65. The number of hydrogen-bond donors (Lipinski definition) is 1. The van der Waals surface area contributed by atoms with Gasteiger partial charge in [0.1, 0.15) is 0 Å². The van der Waals surface area contributed by atoms with Crippen molar-refractivity contribution in [3.8, 4) is 0 Å². The minimum absolute atomic E-state index is 0.0340. The quantitative estimate of drug-likeness (QED) is 0.647. The monoisotopic (exact) mass is 401 g/mol. The first-order chi connectivity index (χ1) is 11.4. The largest absolute Gasteiger partial charge is 0.353 e. The van der Waals surface area contributed by atoms with Gasteiger partial charge < -0.3 is 5.32 Å². The third-order valence-corrected chi connectivity index (χ3v) is 6.89. The molecule has 0 aliphatic carbocycles. The Morgan fingerprint density at radius 2 is 1.79 bits per heavy atom. The molecule has 2 aromatic rings. The predicted octanol–water partition coefficient (Wildman–Crippen LogP) is 4.74. The topological polar surface area (TPSA) is 54.9 Å². The molecule has 1 aromatic heterocycles. The Balaban J connectivity index is 1.76. The number of nitrogens with zero attached hydrogens (tertiary/aromatic N) is 2. The molecule has 0 aliphatic rings. The van der Waals surface area contributed by atoms with E-state index in [0.717, 1.165) is 19.5 Å². The Labute approximate surface area is 160 Å². The van der Waals surface area contributed by atoms with Gasteiger partial charge >= 0.3 is 0 Å². The van der Waals surface area contributed by atoms with Gasteiger partial charge in [-0.2, -0.15) is 0 Å². The number of halogens is 1. The molecule has 0 unspecified atom stereocenters. The van der Waals surface area contributed by atoms with E-state index in [1.54, 1.807) is 11.8 Å². The molecule has 0 saturated heterocycles. The van der Waals surface area contributed by atoms with E-state index in [-0.39, 0.29) is 11.9 Å². The second kappa shape index (κ2) is 9.65. The minimum Gasteiger partial charge on any atom is -0.353 e. The summed E-state index contributed by atoms with van der Waals surface area (Å²) in [5.41, 5.74) is 1.19. The van der Waals surface area contributed by atoms with E-state index < -0.39 is 0 Å². The minimum atomic E-state index is 0.0340. The molecule has 0 saturated carbocycles. The van der Waals surface area contributed by atoms with Gasteiger partial charge in [-0.3, -0.25) is 4.79 Å². The lowest BCUT2D eigenvalue weighted by atomic mass is 10.1. The zero-order chi connectivity index (χ0) is 17.5. The van der Waals surface area contributed by atoms with Crippen LogP contribution in [0.5, 0.6) is 0 Å². The van der Waals surface area contributed by atoms with Crippen LogP contribution in [-0.2, 0) is 10.5 Å². The highest BCUT2D eigenvalue weighted by molar-refractivity contribution is 8.03. The summed E-state index contributed by atoms with van der Waals surface area (Å²) >= 11 is 10.5. The highest BCUT2D eigenvalue weighted by atomic mass is 35.5. The standard InChI is InChI=1S/C16H20ClN3OS3/c1-10(2)11(3)18-14(21)9-23-16-20-19-15(24-16)22-8-12-4-6-13(17)7-5-12/h4-7,10-11H,8-9H2,1-3H3,(H,18,21)/t11-/m1/s1. The van der Waals surface area contributed by atoms with Gasteiger partial charge in [0.2, 0.25) is 5.91 Å². The van der Waals surface area contributed by atoms with Crippen molar-refractivity contribution >= 4 is 52.4 Å². The van der Waals surface area contributed by atoms with E-state index in [4.69, 9.17) is 11.6 Å². The van der Waals surface area contributed by atoms with Crippen LogP contribution in [0.4, 0.5) is 0 Å². The zero-order valence-corrected chi connectivity index (χ0v) is 17.0. The van der Waals surface area contributed by atoms with E-state index in [2.05, 4.69) is 29.4 Å². The number of carbonyl (C=O) groups is 1. The lowest BCUT2D eigenvalue weighted by molar-refractivity contribution is -0.119. The highest BCUT2D eigenvalue weighted by Crippen LogP contribution is 2.30. The van der Waals surface area contributed by atoms with Crippen molar-refractivity contribution in [2.24, 2.45) is 5.92 Å². The van der Waals surface area contributed by atoms with Gasteiger partial charge in [-0.25, -0.2) is 0 Å². The first kappa shape index (κ1) is 19.6. The highest BCUT2D eigenvalue weighted by Gasteiger charge is 2.12. The fraction of sp³-hybridized carbons (Fsp3) is 0.438. The SMILES string of the molecule is CC(C)[C@@H](C)NC(=O)CSc1nnc(SCc2ccc(Cl)cc2)s1. The number of amides is 1. The van der Waals surface area contributed by atoms with E-state index in [0.29, 0.717) is 11.7 Å². The van der Waals surface area contributed by atoms with Crippen molar-refractivity contribution in [1.82, 2.24) is 15.5 Å². The first-order valence-electron chi connectivity index (χ1n) is 7.57. The Morgan fingerprint density at radius 3 is 2.42 bits per heavy atom. The molecule has 0 bridgehead atoms. The molecule has 2 rings (SSSR count).